The highest BCUT2D eigenvalue weighted by Crippen LogP contribution is 2.39. The lowest BCUT2D eigenvalue weighted by molar-refractivity contribution is 0.153. The van der Waals surface area contributed by atoms with E-state index in [0.717, 1.165) is 0 Å². The largest absolute Gasteiger partial charge is 0.398 e. The van der Waals surface area contributed by atoms with E-state index >= 15 is 0 Å². The maximum absolute atomic E-state index is 12.6. The third kappa shape index (κ3) is 1.36. The van der Waals surface area contributed by atoms with Crippen LogP contribution in [0, 0.1) is 0 Å². The molecule has 1 aromatic heterocycles. The lowest BCUT2D eigenvalue weighted by Crippen LogP contribution is -1.86. The minimum atomic E-state index is -2.48. The van der Waals surface area contributed by atoms with Crippen molar-refractivity contribution in [2.24, 2.45) is 0 Å². The summed E-state index contributed by atoms with van der Waals surface area (Å²) >= 11 is 5.37. The molecular formula is C9H7F2NS2. The van der Waals surface area contributed by atoms with Crippen LogP contribution in [0.2, 0.25) is 0 Å². The van der Waals surface area contributed by atoms with Gasteiger partial charge < -0.3 is 5.73 Å². The molecule has 0 fully saturated rings. The molecule has 0 unspecified atom stereocenters. The summed E-state index contributed by atoms with van der Waals surface area (Å²) < 4.78 is 25.8. The summed E-state index contributed by atoms with van der Waals surface area (Å²) in [6.07, 6.45) is -2.48. The van der Waals surface area contributed by atoms with E-state index < -0.39 is 6.43 Å². The number of fused-ring (bicyclic) bond motifs is 1. The van der Waals surface area contributed by atoms with Crippen molar-refractivity contribution in [2.45, 2.75) is 11.3 Å². The zero-order valence-corrected chi connectivity index (χ0v) is 8.71. The molecule has 0 atom stereocenters. The Bertz CT molecular complexity index is 479. The molecule has 0 aliphatic rings. The summed E-state index contributed by atoms with van der Waals surface area (Å²) in [4.78, 5) is 0.547. The highest BCUT2D eigenvalue weighted by atomic mass is 32.1. The van der Waals surface area contributed by atoms with Crippen LogP contribution >= 0.6 is 24.0 Å². The van der Waals surface area contributed by atoms with Crippen LogP contribution in [0.25, 0.3) is 10.1 Å². The summed E-state index contributed by atoms with van der Waals surface area (Å²) in [5.74, 6) is 0. The summed E-state index contributed by atoms with van der Waals surface area (Å²) in [5.41, 5.74) is 6.21. The minimum Gasteiger partial charge on any atom is -0.398 e. The van der Waals surface area contributed by atoms with E-state index in [1.165, 1.54) is 16.7 Å². The lowest BCUT2D eigenvalue weighted by Gasteiger charge is -2.02. The van der Waals surface area contributed by atoms with Crippen molar-refractivity contribution in [1.82, 2.24) is 0 Å². The number of halogens is 2. The molecule has 0 aliphatic carbocycles. The number of rotatable bonds is 1. The number of hydrogen-bond acceptors (Lipinski definition) is 3. The number of thiophene rings is 1. The maximum Gasteiger partial charge on any atom is 0.265 e. The molecule has 2 aromatic rings. The molecule has 1 aromatic carbocycles. The quantitative estimate of drug-likeness (QED) is 0.568. The first-order valence-corrected chi connectivity index (χ1v) is 5.20. The van der Waals surface area contributed by atoms with Crippen molar-refractivity contribution in [3.8, 4) is 0 Å². The van der Waals surface area contributed by atoms with Crippen LogP contribution in [0.1, 0.15) is 12.0 Å². The van der Waals surface area contributed by atoms with Crippen molar-refractivity contribution in [1.29, 1.82) is 0 Å². The van der Waals surface area contributed by atoms with Crippen LogP contribution in [0.4, 0.5) is 14.5 Å². The van der Waals surface area contributed by atoms with Gasteiger partial charge in [-0.05, 0) is 12.1 Å². The van der Waals surface area contributed by atoms with Gasteiger partial charge in [0.25, 0.3) is 6.43 Å². The molecule has 2 N–H and O–H groups in total. The molecular weight excluding hydrogens is 224 g/mol. The first-order valence-electron chi connectivity index (χ1n) is 3.88. The number of hydrogen-bond donors (Lipinski definition) is 2. The Hall–Kier alpha value is -0.810. The van der Waals surface area contributed by atoms with Gasteiger partial charge in [0.1, 0.15) is 0 Å². The summed E-state index contributed by atoms with van der Waals surface area (Å²) in [6, 6.07) is 3.32. The van der Waals surface area contributed by atoms with Gasteiger partial charge in [0.2, 0.25) is 0 Å². The van der Waals surface area contributed by atoms with Gasteiger partial charge in [-0.2, -0.15) is 0 Å². The zero-order valence-electron chi connectivity index (χ0n) is 7.00. The number of anilines is 1. The molecule has 1 nitrogen and oxygen atoms in total. The summed E-state index contributed by atoms with van der Waals surface area (Å²) in [6.45, 7) is 0. The molecule has 0 saturated carbocycles. The Kier molecular flexibility index (Phi) is 2.36. The van der Waals surface area contributed by atoms with Gasteiger partial charge in [0.05, 0.1) is 4.70 Å². The van der Waals surface area contributed by atoms with E-state index in [2.05, 4.69) is 12.6 Å². The highest BCUT2D eigenvalue weighted by molar-refractivity contribution is 7.80. The fourth-order valence-corrected chi connectivity index (χ4v) is 2.74. The maximum atomic E-state index is 12.6. The topological polar surface area (TPSA) is 26.0 Å². The van der Waals surface area contributed by atoms with Crippen LogP contribution < -0.4 is 5.73 Å². The zero-order chi connectivity index (χ0) is 10.3. The van der Waals surface area contributed by atoms with E-state index in [-0.39, 0.29) is 5.56 Å². The first-order chi connectivity index (χ1) is 6.61. The second-order valence-corrected chi connectivity index (χ2v) is 4.23. The molecule has 2 rings (SSSR count). The third-order valence-corrected chi connectivity index (χ3v) is 3.41. The van der Waals surface area contributed by atoms with Crippen molar-refractivity contribution in [3.05, 3.63) is 23.1 Å². The van der Waals surface area contributed by atoms with E-state index in [0.29, 0.717) is 20.7 Å². The average Bonchev–Trinajstić information content (AvgIpc) is 2.56. The molecule has 0 bridgehead atoms. The standard InChI is InChI=1S/C9H7F2NS2/c10-9(11)4-3-14-8-5(12)1-2-6(13)7(4)8/h1-3,9,13H,12H2. The molecule has 0 saturated heterocycles. The SMILES string of the molecule is Nc1ccc(S)c2c(C(F)F)csc12. The van der Waals surface area contributed by atoms with Gasteiger partial charge in [-0.15, -0.1) is 24.0 Å². The monoisotopic (exact) mass is 231 g/mol. The summed E-state index contributed by atoms with van der Waals surface area (Å²) in [7, 11) is 0. The van der Waals surface area contributed by atoms with Crippen molar-refractivity contribution in [2.75, 3.05) is 5.73 Å². The fraction of sp³-hybridized carbons (Fsp3) is 0.111. The van der Waals surface area contributed by atoms with Crippen molar-refractivity contribution < 1.29 is 8.78 Å². The summed E-state index contributed by atoms with van der Waals surface area (Å²) in [5, 5.41) is 1.92. The number of alkyl halides is 2. The molecule has 0 aliphatic heterocycles. The Morgan fingerprint density at radius 3 is 2.71 bits per heavy atom. The number of nitrogens with two attached hydrogens (primary N) is 1. The molecule has 74 valence electrons. The van der Waals surface area contributed by atoms with Crippen LogP contribution in [0.5, 0.6) is 0 Å². The highest BCUT2D eigenvalue weighted by Gasteiger charge is 2.16. The molecule has 0 amide bonds. The smallest absolute Gasteiger partial charge is 0.265 e. The Morgan fingerprint density at radius 1 is 1.36 bits per heavy atom. The van der Waals surface area contributed by atoms with Crippen LogP contribution in [-0.2, 0) is 0 Å². The predicted octanol–water partition coefficient (Wildman–Crippen LogP) is 3.71. The molecule has 0 spiro atoms. The van der Waals surface area contributed by atoms with Gasteiger partial charge >= 0.3 is 0 Å². The van der Waals surface area contributed by atoms with Gasteiger partial charge in [-0.25, -0.2) is 8.78 Å². The van der Waals surface area contributed by atoms with Gasteiger partial charge in [0.15, 0.2) is 0 Å². The molecule has 1 heterocycles. The molecule has 14 heavy (non-hydrogen) atoms. The van der Waals surface area contributed by atoms with Crippen molar-refractivity contribution >= 4 is 39.7 Å². The van der Waals surface area contributed by atoms with E-state index in [9.17, 15) is 8.78 Å². The number of benzene rings is 1. The second kappa shape index (κ2) is 3.40. The van der Waals surface area contributed by atoms with Gasteiger partial charge in [0, 0.05) is 26.9 Å². The van der Waals surface area contributed by atoms with Crippen LogP contribution in [0.15, 0.2) is 22.4 Å². The fourth-order valence-electron chi connectivity index (χ4n) is 1.34. The Labute approximate surface area is 88.9 Å². The number of thiol groups is 1. The van der Waals surface area contributed by atoms with Gasteiger partial charge in [-0.1, -0.05) is 0 Å². The van der Waals surface area contributed by atoms with E-state index in [1.54, 1.807) is 12.1 Å². The Morgan fingerprint density at radius 2 is 2.07 bits per heavy atom. The Balaban J connectivity index is 2.84. The van der Waals surface area contributed by atoms with Crippen LogP contribution in [0.3, 0.4) is 0 Å². The third-order valence-electron chi connectivity index (χ3n) is 1.99. The molecule has 0 radical (unpaired) electrons. The second-order valence-electron chi connectivity index (χ2n) is 2.87. The normalized spacial score (nSPS) is 11.4. The molecule has 5 heteroatoms. The van der Waals surface area contributed by atoms with E-state index in [4.69, 9.17) is 5.73 Å². The lowest BCUT2D eigenvalue weighted by atomic mass is 10.1. The first kappa shape index (κ1) is 9.73. The number of nitrogen functional groups attached to an aromatic ring is 1. The van der Waals surface area contributed by atoms with Crippen molar-refractivity contribution in [3.63, 3.8) is 0 Å². The average molecular weight is 231 g/mol. The minimum absolute atomic E-state index is 0.0160. The predicted molar refractivity (Wildman–Crippen MR) is 58.4 cm³/mol. The van der Waals surface area contributed by atoms with Gasteiger partial charge in [-0.3, -0.25) is 0 Å². The van der Waals surface area contributed by atoms with E-state index in [1.807, 2.05) is 0 Å². The van der Waals surface area contributed by atoms with Crippen LogP contribution in [-0.4, -0.2) is 0 Å².